The maximum absolute atomic E-state index is 11.9. The zero-order chi connectivity index (χ0) is 15.7. The molecule has 1 saturated carbocycles. The molecule has 0 unspecified atom stereocenters. The molecule has 1 fully saturated rings. The third-order valence-corrected chi connectivity index (χ3v) is 3.70. The lowest BCUT2D eigenvalue weighted by molar-refractivity contribution is -0.137. The molecule has 0 bridgehead atoms. The quantitative estimate of drug-likeness (QED) is 0.423. The SMILES string of the molecule is CN(/C=C(/C#N)C(=O)NCCCC(=O)O)C1CCCCC1. The van der Waals surface area contributed by atoms with Crippen LogP contribution in [-0.2, 0) is 9.59 Å². The first-order valence-corrected chi connectivity index (χ1v) is 7.38. The molecule has 1 aliphatic rings. The van der Waals surface area contributed by atoms with E-state index in [1.165, 1.54) is 19.3 Å². The van der Waals surface area contributed by atoms with E-state index in [-0.39, 0.29) is 18.5 Å². The fourth-order valence-electron chi connectivity index (χ4n) is 2.47. The topological polar surface area (TPSA) is 93.4 Å². The Labute approximate surface area is 125 Å². The predicted octanol–water partition coefficient (Wildman–Crippen LogP) is 1.64. The van der Waals surface area contributed by atoms with E-state index in [0.29, 0.717) is 12.5 Å². The lowest BCUT2D eigenvalue weighted by Gasteiger charge is -2.30. The van der Waals surface area contributed by atoms with Crippen molar-refractivity contribution in [2.24, 2.45) is 0 Å². The van der Waals surface area contributed by atoms with E-state index in [4.69, 9.17) is 10.4 Å². The number of nitrogens with zero attached hydrogens (tertiary/aromatic N) is 2. The minimum absolute atomic E-state index is 0.00780. The number of hydrogen-bond donors (Lipinski definition) is 2. The average molecular weight is 293 g/mol. The monoisotopic (exact) mass is 293 g/mol. The molecule has 0 saturated heterocycles. The van der Waals surface area contributed by atoms with E-state index >= 15 is 0 Å². The van der Waals surface area contributed by atoms with Gasteiger partial charge >= 0.3 is 5.97 Å². The van der Waals surface area contributed by atoms with Crippen molar-refractivity contribution < 1.29 is 14.7 Å². The summed E-state index contributed by atoms with van der Waals surface area (Å²) in [6.07, 6.45) is 7.77. The molecule has 1 rings (SSSR count). The molecule has 21 heavy (non-hydrogen) atoms. The number of nitriles is 1. The smallest absolute Gasteiger partial charge is 0.303 e. The number of amides is 1. The van der Waals surface area contributed by atoms with Crippen LogP contribution in [0.3, 0.4) is 0 Å². The predicted molar refractivity (Wildman–Crippen MR) is 78.2 cm³/mol. The summed E-state index contributed by atoms with van der Waals surface area (Å²) in [7, 11) is 1.89. The van der Waals surface area contributed by atoms with Crippen LogP contribution in [0.5, 0.6) is 0 Å². The summed E-state index contributed by atoms with van der Waals surface area (Å²) in [5.74, 6) is -1.33. The zero-order valence-corrected chi connectivity index (χ0v) is 12.5. The van der Waals surface area contributed by atoms with Gasteiger partial charge in [-0.3, -0.25) is 9.59 Å². The van der Waals surface area contributed by atoms with Crippen LogP contribution >= 0.6 is 0 Å². The van der Waals surface area contributed by atoms with Crippen LogP contribution < -0.4 is 5.32 Å². The van der Waals surface area contributed by atoms with Crippen molar-refractivity contribution in [3.05, 3.63) is 11.8 Å². The summed E-state index contributed by atoms with van der Waals surface area (Å²) < 4.78 is 0. The first-order valence-electron chi connectivity index (χ1n) is 7.38. The first kappa shape index (κ1) is 17.0. The van der Waals surface area contributed by atoms with E-state index < -0.39 is 11.9 Å². The van der Waals surface area contributed by atoms with Crippen molar-refractivity contribution in [1.82, 2.24) is 10.2 Å². The maximum Gasteiger partial charge on any atom is 0.303 e. The fourth-order valence-corrected chi connectivity index (χ4v) is 2.47. The van der Waals surface area contributed by atoms with Gasteiger partial charge in [0.15, 0.2) is 0 Å². The number of aliphatic carboxylic acids is 1. The number of carbonyl (C=O) groups is 2. The molecule has 0 aromatic rings. The Kier molecular flexibility index (Phi) is 7.30. The molecule has 6 nitrogen and oxygen atoms in total. The van der Waals surface area contributed by atoms with Gasteiger partial charge in [0, 0.05) is 32.3 Å². The number of carboxylic acids is 1. The Morgan fingerprint density at radius 2 is 2.05 bits per heavy atom. The highest BCUT2D eigenvalue weighted by Gasteiger charge is 2.18. The van der Waals surface area contributed by atoms with E-state index in [0.717, 1.165) is 12.8 Å². The Hall–Kier alpha value is -2.03. The van der Waals surface area contributed by atoms with Gasteiger partial charge in [-0.15, -0.1) is 0 Å². The zero-order valence-electron chi connectivity index (χ0n) is 12.5. The molecule has 1 aliphatic carbocycles. The molecule has 0 aliphatic heterocycles. The Balaban J connectivity index is 2.47. The van der Waals surface area contributed by atoms with E-state index in [2.05, 4.69) is 5.32 Å². The van der Waals surface area contributed by atoms with Gasteiger partial charge in [-0.05, 0) is 19.3 Å². The minimum atomic E-state index is -0.891. The summed E-state index contributed by atoms with van der Waals surface area (Å²) in [6, 6.07) is 2.30. The molecule has 0 spiro atoms. The van der Waals surface area contributed by atoms with Crippen LogP contribution in [0.1, 0.15) is 44.9 Å². The van der Waals surface area contributed by atoms with Crippen LogP contribution in [-0.4, -0.2) is 41.5 Å². The summed E-state index contributed by atoms with van der Waals surface area (Å²) in [5.41, 5.74) is 0.0680. The van der Waals surface area contributed by atoms with Crippen molar-refractivity contribution in [2.45, 2.75) is 51.0 Å². The molecular weight excluding hydrogens is 270 g/mol. The van der Waals surface area contributed by atoms with Crippen LogP contribution in [0, 0.1) is 11.3 Å². The Bertz CT molecular complexity index is 434. The number of carboxylic acid groups (broad SMARTS) is 1. The molecule has 0 heterocycles. The highest BCUT2D eigenvalue weighted by atomic mass is 16.4. The molecule has 0 atom stereocenters. The van der Waals surface area contributed by atoms with Gasteiger partial charge in [0.05, 0.1) is 0 Å². The van der Waals surface area contributed by atoms with E-state index in [1.807, 2.05) is 18.0 Å². The molecule has 2 N–H and O–H groups in total. The fraction of sp³-hybridized carbons (Fsp3) is 0.667. The van der Waals surface area contributed by atoms with Gasteiger partial charge < -0.3 is 15.3 Å². The van der Waals surface area contributed by atoms with Gasteiger partial charge in [0.2, 0.25) is 0 Å². The first-order chi connectivity index (χ1) is 10.0. The summed E-state index contributed by atoms with van der Waals surface area (Å²) in [6.45, 7) is 0.261. The third-order valence-electron chi connectivity index (χ3n) is 3.70. The van der Waals surface area contributed by atoms with Gasteiger partial charge in [-0.25, -0.2) is 0 Å². The highest BCUT2D eigenvalue weighted by molar-refractivity contribution is 5.97. The second-order valence-corrected chi connectivity index (χ2v) is 5.37. The Morgan fingerprint density at radius 3 is 2.62 bits per heavy atom. The van der Waals surface area contributed by atoms with Crippen LogP contribution in [0.15, 0.2) is 11.8 Å². The van der Waals surface area contributed by atoms with E-state index in [1.54, 1.807) is 6.20 Å². The van der Waals surface area contributed by atoms with Gasteiger partial charge in [-0.1, -0.05) is 19.3 Å². The second-order valence-electron chi connectivity index (χ2n) is 5.37. The molecule has 1 amide bonds. The third kappa shape index (κ3) is 6.30. The number of rotatable bonds is 7. The molecular formula is C15H23N3O3. The summed E-state index contributed by atoms with van der Waals surface area (Å²) in [5, 5.41) is 20.2. The van der Waals surface area contributed by atoms with Crippen LogP contribution in [0.25, 0.3) is 0 Å². The van der Waals surface area contributed by atoms with Crippen molar-refractivity contribution in [2.75, 3.05) is 13.6 Å². The summed E-state index contributed by atoms with van der Waals surface area (Å²) in [4.78, 5) is 24.2. The summed E-state index contributed by atoms with van der Waals surface area (Å²) >= 11 is 0. The van der Waals surface area contributed by atoms with Gasteiger partial charge in [0.1, 0.15) is 11.6 Å². The lowest BCUT2D eigenvalue weighted by Crippen LogP contribution is -2.32. The largest absolute Gasteiger partial charge is 0.481 e. The number of nitrogens with one attached hydrogen (secondary N) is 1. The molecule has 0 aromatic heterocycles. The minimum Gasteiger partial charge on any atom is -0.481 e. The van der Waals surface area contributed by atoms with Crippen LogP contribution in [0.2, 0.25) is 0 Å². The normalized spacial score (nSPS) is 16.1. The number of carbonyl (C=O) groups excluding carboxylic acids is 1. The standard InChI is InChI=1S/C15H23N3O3/c1-18(13-6-3-2-4-7-13)11-12(10-16)15(21)17-9-5-8-14(19)20/h11,13H,2-9H2,1H3,(H,17,21)(H,19,20)/b12-11-. The average Bonchev–Trinajstić information content (AvgIpc) is 2.49. The van der Waals surface area contributed by atoms with Crippen molar-refractivity contribution >= 4 is 11.9 Å². The molecule has 0 aromatic carbocycles. The van der Waals surface area contributed by atoms with Crippen LogP contribution in [0.4, 0.5) is 0 Å². The van der Waals surface area contributed by atoms with E-state index in [9.17, 15) is 9.59 Å². The van der Waals surface area contributed by atoms with Gasteiger partial charge in [0.25, 0.3) is 5.91 Å². The maximum atomic E-state index is 11.9. The lowest BCUT2D eigenvalue weighted by atomic mass is 9.94. The van der Waals surface area contributed by atoms with Crippen molar-refractivity contribution in [3.8, 4) is 6.07 Å². The Morgan fingerprint density at radius 1 is 1.38 bits per heavy atom. The van der Waals surface area contributed by atoms with Crippen molar-refractivity contribution in [3.63, 3.8) is 0 Å². The molecule has 0 radical (unpaired) electrons. The number of hydrogen-bond acceptors (Lipinski definition) is 4. The molecule has 116 valence electrons. The van der Waals surface area contributed by atoms with Gasteiger partial charge in [-0.2, -0.15) is 5.26 Å². The van der Waals surface area contributed by atoms with Crippen molar-refractivity contribution in [1.29, 1.82) is 5.26 Å². The second kappa shape index (κ2) is 9.01. The highest BCUT2D eigenvalue weighted by Crippen LogP contribution is 2.22. The molecule has 6 heteroatoms.